The molecule has 3 N–H and O–H groups in total. The molecule has 0 aromatic carbocycles. The van der Waals surface area contributed by atoms with Crippen LogP contribution in [0.5, 0.6) is 0 Å². The molecule has 0 fully saturated rings. The van der Waals surface area contributed by atoms with E-state index in [-0.39, 0.29) is 11.9 Å². The van der Waals surface area contributed by atoms with Crippen LogP contribution in [0.3, 0.4) is 0 Å². The monoisotopic (exact) mass is 254 g/mol. The fraction of sp³-hybridized carbons (Fsp3) is 0.667. The van der Waals surface area contributed by atoms with Crippen molar-refractivity contribution in [3.05, 3.63) is 5.69 Å². The Hall–Kier alpha value is -1.72. The van der Waals surface area contributed by atoms with E-state index in [1.807, 2.05) is 13.8 Å². The lowest BCUT2D eigenvalue weighted by molar-refractivity contribution is -0.143. The summed E-state index contributed by atoms with van der Waals surface area (Å²) in [6.07, 6.45) is 0. The number of rotatable bonds is 5. The van der Waals surface area contributed by atoms with Crippen molar-refractivity contribution in [1.82, 2.24) is 9.78 Å². The van der Waals surface area contributed by atoms with Crippen molar-refractivity contribution < 1.29 is 9.53 Å². The second-order valence-electron chi connectivity index (χ2n) is 4.54. The first-order valence-electron chi connectivity index (χ1n) is 6.14. The maximum absolute atomic E-state index is 11.6. The van der Waals surface area contributed by atoms with E-state index < -0.39 is 6.04 Å². The Bertz CT molecular complexity index is 426. The van der Waals surface area contributed by atoms with Gasteiger partial charge < -0.3 is 15.8 Å². The Labute approximate surface area is 107 Å². The topological polar surface area (TPSA) is 82.2 Å². The van der Waals surface area contributed by atoms with Gasteiger partial charge in [0.2, 0.25) is 0 Å². The van der Waals surface area contributed by atoms with Crippen LogP contribution in [0.15, 0.2) is 0 Å². The zero-order valence-corrected chi connectivity index (χ0v) is 11.7. The molecule has 0 spiro atoms. The molecule has 0 saturated heterocycles. The zero-order chi connectivity index (χ0) is 13.9. The summed E-state index contributed by atoms with van der Waals surface area (Å²) < 4.78 is 6.59. The van der Waals surface area contributed by atoms with Crippen LogP contribution < -0.4 is 11.1 Å². The van der Waals surface area contributed by atoms with Crippen LogP contribution in [0.2, 0.25) is 0 Å². The zero-order valence-electron chi connectivity index (χ0n) is 11.7. The molecule has 0 aliphatic rings. The molecule has 0 aliphatic carbocycles. The minimum Gasteiger partial charge on any atom is -0.464 e. The fourth-order valence-corrected chi connectivity index (χ4v) is 1.69. The van der Waals surface area contributed by atoms with E-state index >= 15 is 0 Å². The standard InChI is InChI=1S/C12H22N4O2/c1-6-18-12(17)8(4)14-11-9(13)10(7(2)3)15-16(11)5/h7-8,14H,6,13H2,1-5H3. The largest absolute Gasteiger partial charge is 0.464 e. The lowest BCUT2D eigenvalue weighted by Crippen LogP contribution is -2.29. The van der Waals surface area contributed by atoms with Gasteiger partial charge in [-0.1, -0.05) is 13.8 Å². The summed E-state index contributed by atoms with van der Waals surface area (Å²) in [5.41, 5.74) is 7.45. The SMILES string of the molecule is CCOC(=O)C(C)Nc1c(N)c(C(C)C)nn1C. The van der Waals surface area contributed by atoms with Gasteiger partial charge in [-0.2, -0.15) is 5.10 Å². The molecule has 1 atom stereocenters. The molecule has 6 nitrogen and oxygen atoms in total. The highest BCUT2D eigenvalue weighted by Crippen LogP contribution is 2.28. The number of ether oxygens (including phenoxy) is 1. The molecule has 0 saturated carbocycles. The van der Waals surface area contributed by atoms with Crippen LogP contribution in [-0.4, -0.2) is 28.4 Å². The first-order chi connectivity index (χ1) is 8.38. The van der Waals surface area contributed by atoms with E-state index in [0.29, 0.717) is 18.1 Å². The highest BCUT2D eigenvalue weighted by molar-refractivity contribution is 5.80. The number of carbonyl (C=O) groups excluding carboxylic acids is 1. The van der Waals surface area contributed by atoms with Crippen molar-refractivity contribution in [2.24, 2.45) is 7.05 Å². The Morgan fingerprint density at radius 1 is 1.50 bits per heavy atom. The first-order valence-corrected chi connectivity index (χ1v) is 6.14. The molecule has 0 aliphatic heterocycles. The van der Waals surface area contributed by atoms with Crippen LogP contribution in [0.25, 0.3) is 0 Å². The Balaban J connectivity index is 2.88. The van der Waals surface area contributed by atoms with Gasteiger partial charge in [-0.3, -0.25) is 4.68 Å². The number of nitrogens with two attached hydrogens (primary N) is 1. The van der Waals surface area contributed by atoms with E-state index in [9.17, 15) is 4.79 Å². The van der Waals surface area contributed by atoms with Gasteiger partial charge >= 0.3 is 5.97 Å². The minimum atomic E-state index is -0.456. The highest BCUT2D eigenvalue weighted by atomic mass is 16.5. The molecular formula is C12H22N4O2. The number of aromatic nitrogens is 2. The molecule has 1 rings (SSSR count). The average Bonchev–Trinajstić information content (AvgIpc) is 2.57. The predicted octanol–water partition coefficient (Wildman–Crippen LogP) is 1.49. The number of esters is 1. The third-order valence-electron chi connectivity index (χ3n) is 2.65. The maximum atomic E-state index is 11.6. The molecule has 6 heteroatoms. The first kappa shape index (κ1) is 14.3. The summed E-state index contributed by atoms with van der Waals surface area (Å²) in [6.45, 7) is 7.93. The van der Waals surface area contributed by atoms with Crippen LogP contribution in [0, 0.1) is 0 Å². The molecule has 1 heterocycles. The molecule has 1 aromatic rings. The van der Waals surface area contributed by atoms with Crippen molar-refractivity contribution >= 4 is 17.5 Å². The molecule has 0 radical (unpaired) electrons. The van der Waals surface area contributed by atoms with Gasteiger partial charge in [0.15, 0.2) is 0 Å². The lowest BCUT2D eigenvalue weighted by Gasteiger charge is -2.14. The molecule has 102 valence electrons. The molecule has 0 amide bonds. The van der Waals surface area contributed by atoms with Crippen molar-refractivity contribution in [2.75, 3.05) is 17.7 Å². The molecule has 1 aromatic heterocycles. The number of aryl methyl sites for hydroxylation is 1. The predicted molar refractivity (Wildman–Crippen MR) is 71.4 cm³/mol. The molecule has 1 unspecified atom stereocenters. The van der Waals surface area contributed by atoms with Gasteiger partial charge in [-0.15, -0.1) is 0 Å². The second-order valence-corrected chi connectivity index (χ2v) is 4.54. The second kappa shape index (κ2) is 5.75. The summed E-state index contributed by atoms with van der Waals surface area (Å²) in [5, 5.41) is 7.38. The summed E-state index contributed by atoms with van der Waals surface area (Å²) in [5.74, 6) is 0.591. The van der Waals surface area contributed by atoms with Gasteiger partial charge in [0.1, 0.15) is 11.9 Å². The van der Waals surface area contributed by atoms with Crippen LogP contribution in [0.1, 0.15) is 39.3 Å². The highest BCUT2D eigenvalue weighted by Gasteiger charge is 2.20. The van der Waals surface area contributed by atoms with Gasteiger partial charge in [0.25, 0.3) is 0 Å². The average molecular weight is 254 g/mol. The lowest BCUT2D eigenvalue weighted by atomic mass is 10.1. The number of nitrogens with one attached hydrogen (secondary N) is 1. The van der Waals surface area contributed by atoms with Crippen LogP contribution >= 0.6 is 0 Å². The number of carbonyl (C=O) groups is 1. The molecule has 18 heavy (non-hydrogen) atoms. The van der Waals surface area contributed by atoms with Crippen molar-refractivity contribution in [3.8, 4) is 0 Å². The van der Waals surface area contributed by atoms with E-state index in [2.05, 4.69) is 10.4 Å². The van der Waals surface area contributed by atoms with Gasteiger partial charge in [-0.05, 0) is 19.8 Å². The quantitative estimate of drug-likeness (QED) is 0.778. The van der Waals surface area contributed by atoms with E-state index in [0.717, 1.165) is 5.69 Å². The van der Waals surface area contributed by atoms with Crippen LogP contribution in [0.4, 0.5) is 11.5 Å². The van der Waals surface area contributed by atoms with Crippen molar-refractivity contribution in [3.63, 3.8) is 0 Å². The maximum Gasteiger partial charge on any atom is 0.328 e. The van der Waals surface area contributed by atoms with Gasteiger partial charge in [-0.25, -0.2) is 4.79 Å². The van der Waals surface area contributed by atoms with Gasteiger partial charge in [0, 0.05) is 7.05 Å². The Morgan fingerprint density at radius 2 is 2.11 bits per heavy atom. The summed E-state index contributed by atoms with van der Waals surface area (Å²) in [7, 11) is 1.79. The summed E-state index contributed by atoms with van der Waals surface area (Å²) in [6, 6.07) is -0.456. The van der Waals surface area contributed by atoms with E-state index in [1.54, 1.807) is 25.6 Å². The van der Waals surface area contributed by atoms with Gasteiger partial charge in [0.05, 0.1) is 18.0 Å². The molecule has 0 bridgehead atoms. The summed E-state index contributed by atoms with van der Waals surface area (Å²) in [4.78, 5) is 11.6. The van der Waals surface area contributed by atoms with E-state index in [1.165, 1.54) is 0 Å². The van der Waals surface area contributed by atoms with Crippen molar-refractivity contribution in [1.29, 1.82) is 0 Å². The number of nitrogens with zero attached hydrogens (tertiary/aromatic N) is 2. The minimum absolute atomic E-state index is 0.240. The number of hydrogen-bond donors (Lipinski definition) is 2. The third kappa shape index (κ3) is 2.94. The van der Waals surface area contributed by atoms with E-state index in [4.69, 9.17) is 10.5 Å². The fourth-order valence-electron chi connectivity index (χ4n) is 1.69. The normalized spacial score (nSPS) is 12.6. The summed E-state index contributed by atoms with van der Waals surface area (Å²) >= 11 is 0. The Kier molecular flexibility index (Phi) is 4.58. The molecular weight excluding hydrogens is 232 g/mol. The van der Waals surface area contributed by atoms with Crippen molar-refractivity contribution in [2.45, 2.75) is 39.7 Å². The smallest absolute Gasteiger partial charge is 0.328 e. The number of anilines is 2. The Morgan fingerprint density at radius 3 is 2.56 bits per heavy atom. The third-order valence-corrected chi connectivity index (χ3v) is 2.65. The number of hydrogen-bond acceptors (Lipinski definition) is 5. The number of nitrogen functional groups attached to an aromatic ring is 1. The van der Waals surface area contributed by atoms with Crippen LogP contribution in [-0.2, 0) is 16.6 Å².